The Morgan fingerprint density at radius 1 is 1.64 bits per heavy atom. The first kappa shape index (κ1) is 10.3. The van der Waals surface area contributed by atoms with Crippen molar-refractivity contribution in [1.29, 1.82) is 0 Å². The van der Waals surface area contributed by atoms with Crippen LogP contribution in [-0.2, 0) is 4.79 Å². The molecule has 1 atom stereocenters. The van der Waals surface area contributed by atoms with Crippen molar-refractivity contribution in [2.45, 2.75) is 13.0 Å². The summed E-state index contributed by atoms with van der Waals surface area (Å²) < 4.78 is 0. The molecule has 0 bridgehead atoms. The molecule has 1 heterocycles. The first-order valence-electron chi connectivity index (χ1n) is 3.88. The van der Waals surface area contributed by atoms with Gasteiger partial charge in [0.2, 0.25) is 0 Å². The number of pyridine rings is 1. The topological polar surface area (TPSA) is 99.1 Å². The van der Waals surface area contributed by atoms with Crippen LogP contribution in [0.2, 0.25) is 0 Å². The largest absolute Gasteiger partial charge is 0.363 e. The Balaban J connectivity index is 2.94. The summed E-state index contributed by atoms with van der Waals surface area (Å²) in [6, 6.07) is 1.89. The zero-order valence-corrected chi connectivity index (χ0v) is 7.51. The van der Waals surface area contributed by atoms with Crippen LogP contribution < -0.4 is 5.73 Å². The van der Waals surface area contributed by atoms with Gasteiger partial charge in [-0.05, 0) is 22.9 Å². The number of nitrogens with zero attached hydrogens (tertiary/aromatic N) is 2. The molecule has 74 valence electrons. The third-order valence-electron chi connectivity index (χ3n) is 1.75. The molecule has 0 saturated carbocycles. The first-order chi connectivity index (χ1) is 6.52. The van der Waals surface area contributed by atoms with Gasteiger partial charge in [-0.3, -0.25) is 4.79 Å². The Labute approximate surface area is 79.9 Å². The van der Waals surface area contributed by atoms with Gasteiger partial charge in [0.05, 0.1) is 6.04 Å². The van der Waals surface area contributed by atoms with Gasteiger partial charge in [0.1, 0.15) is 6.20 Å². The van der Waals surface area contributed by atoms with Gasteiger partial charge in [-0.1, -0.05) is 0 Å². The van der Waals surface area contributed by atoms with Crippen LogP contribution in [0.4, 0.5) is 5.82 Å². The van der Waals surface area contributed by atoms with Crippen LogP contribution in [0.5, 0.6) is 0 Å². The smallest absolute Gasteiger partial charge is 0.358 e. The SMILES string of the molecule is CC(=O)C(N)c1ccc([N+](=O)[O-])nc1. The van der Waals surface area contributed by atoms with E-state index in [4.69, 9.17) is 5.73 Å². The van der Waals surface area contributed by atoms with Crippen LogP contribution in [0.25, 0.3) is 0 Å². The lowest BCUT2D eigenvalue weighted by Crippen LogP contribution is -2.18. The Morgan fingerprint density at radius 2 is 2.29 bits per heavy atom. The fourth-order valence-electron chi connectivity index (χ4n) is 0.924. The van der Waals surface area contributed by atoms with Crippen LogP contribution in [0.15, 0.2) is 18.3 Å². The minimum atomic E-state index is -0.761. The normalized spacial score (nSPS) is 12.1. The number of ketones is 1. The fraction of sp³-hybridized carbons (Fsp3) is 0.250. The van der Waals surface area contributed by atoms with Crippen LogP contribution in [0.3, 0.4) is 0 Å². The van der Waals surface area contributed by atoms with Crippen molar-refractivity contribution in [3.05, 3.63) is 34.0 Å². The Morgan fingerprint density at radius 3 is 2.64 bits per heavy atom. The van der Waals surface area contributed by atoms with Crippen molar-refractivity contribution >= 4 is 11.6 Å². The van der Waals surface area contributed by atoms with Crippen molar-refractivity contribution in [2.24, 2.45) is 5.73 Å². The number of hydrogen-bond donors (Lipinski definition) is 1. The van der Waals surface area contributed by atoms with E-state index in [1.165, 1.54) is 25.3 Å². The highest BCUT2D eigenvalue weighted by molar-refractivity contribution is 5.82. The molecule has 0 aliphatic carbocycles. The quantitative estimate of drug-likeness (QED) is 0.561. The van der Waals surface area contributed by atoms with Crippen molar-refractivity contribution < 1.29 is 9.72 Å². The van der Waals surface area contributed by atoms with Crippen LogP contribution in [0.1, 0.15) is 18.5 Å². The van der Waals surface area contributed by atoms with E-state index in [9.17, 15) is 14.9 Å². The summed E-state index contributed by atoms with van der Waals surface area (Å²) >= 11 is 0. The highest BCUT2D eigenvalue weighted by Gasteiger charge is 2.14. The molecular weight excluding hydrogens is 186 g/mol. The van der Waals surface area contributed by atoms with E-state index in [0.717, 1.165) is 0 Å². The summed E-state index contributed by atoms with van der Waals surface area (Å²) in [6.45, 7) is 1.35. The van der Waals surface area contributed by atoms with Gasteiger partial charge >= 0.3 is 5.82 Å². The third-order valence-corrected chi connectivity index (χ3v) is 1.75. The Kier molecular flexibility index (Phi) is 2.88. The molecule has 0 amide bonds. The van der Waals surface area contributed by atoms with Crippen LogP contribution in [0, 0.1) is 10.1 Å². The predicted octanol–water partition coefficient (Wildman–Crippen LogP) is 0.579. The second-order valence-corrected chi connectivity index (χ2v) is 2.80. The number of Topliss-reactive ketones (excluding diaryl/α,β-unsaturated/α-hetero) is 1. The van der Waals surface area contributed by atoms with E-state index >= 15 is 0 Å². The second kappa shape index (κ2) is 3.93. The maximum atomic E-state index is 10.9. The lowest BCUT2D eigenvalue weighted by Gasteiger charge is -2.04. The second-order valence-electron chi connectivity index (χ2n) is 2.80. The Hall–Kier alpha value is -1.82. The van der Waals surface area contributed by atoms with Crippen LogP contribution in [-0.4, -0.2) is 15.7 Å². The number of carbonyl (C=O) groups is 1. The van der Waals surface area contributed by atoms with Gasteiger partial charge in [-0.2, -0.15) is 0 Å². The maximum absolute atomic E-state index is 10.9. The predicted molar refractivity (Wildman–Crippen MR) is 48.5 cm³/mol. The van der Waals surface area contributed by atoms with E-state index < -0.39 is 11.0 Å². The standard InChI is InChI=1S/C8H9N3O3/c1-5(12)8(9)6-2-3-7(10-4-6)11(13)14/h2-4,8H,9H2,1H3. The zero-order chi connectivity index (χ0) is 10.7. The molecule has 0 aliphatic heterocycles. The number of nitro groups is 1. The van der Waals surface area contributed by atoms with Crippen molar-refractivity contribution in [3.8, 4) is 0 Å². The number of carbonyl (C=O) groups excluding carboxylic acids is 1. The molecule has 6 nitrogen and oxygen atoms in total. The van der Waals surface area contributed by atoms with E-state index in [2.05, 4.69) is 4.98 Å². The molecule has 0 fully saturated rings. The maximum Gasteiger partial charge on any atom is 0.363 e. The molecule has 1 aromatic heterocycles. The fourth-order valence-corrected chi connectivity index (χ4v) is 0.924. The van der Waals surface area contributed by atoms with Crippen LogP contribution >= 0.6 is 0 Å². The van der Waals surface area contributed by atoms with E-state index in [1.807, 2.05) is 0 Å². The molecule has 2 N–H and O–H groups in total. The average Bonchev–Trinajstić information content (AvgIpc) is 2.16. The van der Waals surface area contributed by atoms with Gasteiger partial charge in [0.15, 0.2) is 5.78 Å². The first-order valence-corrected chi connectivity index (χ1v) is 3.88. The minimum absolute atomic E-state index is 0.208. The van der Waals surface area contributed by atoms with Gasteiger partial charge in [0.25, 0.3) is 0 Å². The van der Waals surface area contributed by atoms with Gasteiger partial charge in [-0.15, -0.1) is 0 Å². The highest BCUT2D eigenvalue weighted by Crippen LogP contribution is 2.13. The molecular formula is C8H9N3O3. The summed E-state index contributed by atoms with van der Waals surface area (Å²) in [5, 5.41) is 10.3. The molecule has 0 spiro atoms. The summed E-state index contributed by atoms with van der Waals surface area (Å²) in [6.07, 6.45) is 1.24. The lowest BCUT2D eigenvalue weighted by atomic mass is 10.1. The molecule has 1 rings (SSSR count). The number of hydrogen-bond acceptors (Lipinski definition) is 5. The van der Waals surface area contributed by atoms with Gasteiger partial charge < -0.3 is 15.8 Å². The zero-order valence-electron chi connectivity index (χ0n) is 7.51. The molecule has 0 saturated heterocycles. The molecule has 0 aliphatic rings. The molecule has 1 aromatic rings. The number of aromatic nitrogens is 1. The molecule has 1 unspecified atom stereocenters. The van der Waals surface area contributed by atoms with Crippen molar-refractivity contribution in [2.75, 3.05) is 0 Å². The summed E-state index contributed by atoms with van der Waals surface area (Å²) in [4.78, 5) is 24.1. The summed E-state index contributed by atoms with van der Waals surface area (Å²) in [5.41, 5.74) is 5.98. The van der Waals surface area contributed by atoms with Gasteiger partial charge in [0, 0.05) is 11.6 Å². The highest BCUT2D eigenvalue weighted by atomic mass is 16.6. The molecule has 6 heteroatoms. The molecule has 0 radical (unpaired) electrons. The lowest BCUT2D eigenvalue weighted by molar-refractivity contribution is -0.389. The summed E-state index contributed by atoms with van der Waals surface area (Å²) in [7, 11) is 0. The average molecular weight is 195 g/mol. The van der Waals surface area contributed by atoms with E-state index in [1.54, 1.807) is 0 Å². The third kappa shape index (κ3) is 2.11. The summed E-state index contributed by atoms with van der Waals surface area (Å²) in [5.74, 6) is -0.467. The molecule has 14 heavy (non-hydrogen) atoms. The number of rotatable bonds is 3. The van der Waals surface area contributed by atoms with E-state index in [0.29, 0.717) is 5.56 Å². The van der Waals surface area contributed by atoms with Crippen molar-refractivity contribution in [1.82, 2.24) is 4.98 Å². The van der Waals surface area contributed by atoms with Crippen molar-refractivity contribution in [3.63, 3.8) is 0 Å². The Bertz CT molecular complexity index is 361. The number of nitrogens with two attached hydrogens (primary N) is 1. The van der Waals surface area contributed by atoms with E-state index in [-0.39, 0.29) is 11.6 Å². The minimum Gasteiger partial charge on any atom is -0.358 e. The molecule has 0 aromatic carbocycles. The van der Waals surface area contributed by atoms with Gasteiger partial charge in [-0.25, -0.2) is 0 Å². The monoisotopic (exact) mass is 195 g/mol.